The van der Waals surface area contributed by atoms with Gasteiger partial charge in [0.1, 0.15) is 5.82 Å². The molecule has 7 heteroatoms. The first-order chi connectivity index (χ1) is 11.9. The van der Waals surface area contributed by atoms with Gasteiger partial charge in [-0.05, 0) is 33.2 Å². The summed E-state index contributed by atoms with van der Waals surface area (Å²) in [4.78, 5) is 22.5. The molecule has 0 aromatic carbocycles. The summed E-state index contributed by atoms with van der Waals surface area (Å²) in [5.41, 5.74) is 1.88. The number of anilines is 1. The van der Waals surface area contributed by atoms with Gasteiger partial charge in [-0.3, -0.25) is 4.90 Å². The molecule has 1 aliphatic rings. The van der Waals surface area contributed by atoms with Gasteiger partial charge in [-0.1, -0.05) is 0 Å². The van der Waals surface area contributed by atoms with E-state index in [4.69, 9.17) is 14.7 Å². The second-order valence-electron chi connectivity index (χ2n) is 6.96. The molecule has 0 bridgehead atoms. The van der Waals surface area contributed by atoms with Crippen molar-refractivity contribution in [2.75, 3.05) is 32.6 Å². The van der Waals surface area contributed by atoms with Crippen molar-refractivity contribution in [3.63, 3.8) is 0 Å². The summed E-state index contributed by atoms with van der Waals surface area (Å²) in [6.45, 7) is 6.04. The predicted molar refractivity (Wildman–Crippen MR) is 96.7 cm³/mol. The Kier molecular flexibility index (Phi) is 4.85. The molecule has 0 aliphatic carbocycles. The molecule has 0 radical (unpaired) electrons. The maximum absolute atomic E-state index is 5.04. The Morgan fingerprint density at radius 1 is 1.24 bits per heavy atom. The zero-order valence-electron chi connectivity index (χ0n) is 15.7. The minimum Gasteiger partial charge on any atom is -0.467 e. The van der Waals surface area contributed by atoms with Crippen LogP contribution in [-0.2, 0) is 12.1 Å². The third-order valence-corrected chi connectivity index (χ3v) is 4.81. The lowest BCUT2D eigenvalue weighted by Gasteiger charge is -2.34. The summed E-state index contributed by atoms with van der Waals surface area (Å²) >= 11 is 0. The molecule has 0 saturated carbocycles. The van der Waals surface area contributed by atoms with E-state index in [1.807, 2.05) is 44.4 Å². The fourth-order valence-corrected chi connectivity index (χ4v) is 3.30. The van der Waals surface area contributed by atoms with E-state index in [1.165, 1.54) is 0 Å². The summed E-state index contributed by atoms with van der Waals surface area (Å²) < 4.78 is 5.04. The lowest BCUT2D eigenvalue weighted by molar-refractivity contribution is 0.137. The first kappa shape index (κ1) is 17.5. The zero-order valence-corrected chi connectivity index (χ0v) is 15.7. The molecule has 0 amide bonds. The first-order valence-corrected chi connectivity index (χ1v) is 8.56. The van der Waals surface area contributed by atoms with E-state index in [2.05, 4.69) is 21.8 Å². The smallest absolute Gasteiger partial charge is 0.316 e. The van der Waals surface area contributed by atoms with Gasteiger partial charge in [-0.25, -0.2) is 19.9 Å². The number of rotatable bonds is 5. The minimum atomic E-state index is -0.184. The van der Waals surface area contributed by atoms with Crippen LogP contribution in [0.5, 0.6) is 6.01 Å². The molecule has 2 aromatic heterocycles. The average Bonchev–Trinajstić information content (AvgIpc) is 2.97. The Morgan fingerprint density at radius 3 is 2.60 bits per heavy atom. The second-order valence-corrected chi connectivity index (χ2v) is 6.96. The van der Waals surface area contributed by atoms with E-state index in [0.717, 1.165) is 48.8 Å². The number of hydrogen-bond donors (Lipinski definition) is 0. The SMILES string of the molecule is COc1ncc(CN2CCCC2(C)c2nc(C)cc(N(C)C)n2)cn1. The molecule has 7 nitrogen and oxygen atoms in total. The lowest BCUT2D eigenvalue weighted by Crippen LogP contribution is -2.40. The van der Waals surface area contributed by atoms with Gasteiger partial charge in [-0.2, -0.15) is 0 Å². The standard InChI is InChI=1S/C18H26N6O/c1-13-9-15(23(3)4)22-16(21-13)18(2)7-6-8-24(18)12-14-10-19-17(25-5)20-11-14/h9-11H,6-8,12H2,1-5H3. The molecule has 0 spiro atoms. The maximum atomic E-state index is 5.04. The van der Waals surface area contributed by atoms with Gasteiger partial charge in [0.15, 0.2) is 5.82 Å². The quantitative estimate of drug-likeness (QED) is 0.825. The minimum absolute atomic E-state index is 0.184. The molecule has 2 aromatic rings. The highest BCUT2D eigenvalue weighted by atomic mass is 16.5. The van der Waals surface area contributed by atoms with Crippen molar-refractivity contribution in [1.29, 1.82) is 0 Å². The van der Waals surface area contributed by atoms with Crippen molar-refractivity contribution in [3.8, 4) is 6.01 Å². The van der Waals surface area contributed by atoms with Crippen LogP contribution in [0.1, 0.15) is 36.8 Å². The summed E-state index contributed by atoms with van der Waals surface area (Å²) in [6, 6.07) is 2.41. The molecule has 25 heavy (non-hydrogen) atoms. The maximum Gasteiger partial charge on any atom is 0.316 e. The molecule has 1 saturated heterocycles. The topological polar surface area (TPSA) is 67.3 Å². The van der Waals surface area contributed by atoms with Crippen LogP contribution >= 0.6 is 0 Å². The van der Waals surface area contributed by atoms with E-state index in [1.54, 1.807) is 7.11 Å². The monoisotopic (exact) mass is 342 g/mol. The zero-order chi connectivity index (χ0) is 18.0. The van der Waals surface area contributed by atoms with Crippen LogP contribution in [-0.4, -0.2) is 52.6 Å². The Balaban J connectivity index is 1.88. The van der Waals surface area contributed by atoms with Gasteiger partial charge in [0, 0.05) is 50.4 Å². The Bertz CT molecular complexity index is 733. The number of hydrogen-bond acceptors (Lipinski definition) is 7. The van der Waals surface area contributed by atoms with Gasteiger partial charge < -0.3 is 9.64 Å². The van der Waals surface area contributed by atoms with Crippen LogP contribution in [0.3, 0.4) is 0 Å². The van der Waals surface area contributed by atoms with Crippen molar-refractivity contribution in [1.82, 2.24) is 24.8 Å². The van der Waals surface area contributed by atoms with Crippen molar-refractivity contribution < 1.29 is 4.74 Å². The number of methoxy groups -OCH3 is 1. The third-order valence-electron chi connectivity index (χ3n) is 4.81. The van der Waals surface area contributed by atoms with Crippen LogP contribution in [0.25, 0.3) is 0 Å². The van der Waals surface area contributed by atoms with Crippen molar-refractivity contribution in [2.45, 2.75) is 38.8 Å². The highest BCUT2D eigenvalue weighted by Gasteiger charge is 2.41. The molecule has 1 aliphatic heterocycles. The van der Waals surface area contributed by atoms with E-state index in [0.29, 0.717) is 6.01 Å². The molecule has 3 rings (SSSR count). The van der Waals surface area contributed by atoms with Gasteiger partial charge >= 0.3 is 6.01 Å². The normalized spacial score (nSPS) is 20.7. The Labute approximate surface area is 149 Å². The summed E-state index contributed by atoms with van der Waals surface area (Å²) in [6.07, 6.45) is 5.82. The molecule has 3 heterocycles. The van der Waals surface area contributed by atoms with E-state index in [9.17, 15) is 0 Å². The van der Waals surface area contributed by atoms with Crippen LogP contribution in [0.4, 0.5) is 5.82 Å². The van der Waals surface area contributed by atoms with Gasteiger partial charge in [0.2, 0.25) is 0 Å². The second kappa shape index (κ2) is 6.92. The fourth-order valence-electron chi connectivity index (χ4n) is 3.30. The molecule has 0 N–H and O–H groups in total. The highest BCUT2D eigenvalue weighted by Crippen LogP contribution is 2.38. The van der Waals surface area contributed by atoms with Crippen molar-refractivity contribution in [3.05, 3.63) is 35.5 Å². The Hall–Kier alpha value is -2.28. The Morgan fingerprint density at radius 2 is 1.96 bits per heavy atom. The number of nitrogens with zero attached hydrogens (tertiary/aromatic N) is 6. The van der Waals surface area contributed by atoms with Crippen molar-refractivity contribution >= 4 is 5.82 Å². The molecule has 1 atom stereocenters. The van der Waals surface area contributed by atoms with Crippen LogP contribution in [0, 0.1) is 6.92 Å². The van der Waals surface area contributed by atoms with Crippen LogP contribution in [0.2, 0.25) is 0 Å². The third kappa shape index (κ3) is 3.56. The summed E-state index contributed by atoms with van der Waals surface area (Å²) in [5.74, 6) is 1.84. The highest BCUT2D eigenvalue weighted by molar-refractivity contribution is 5.38. The van der Waals surface area contributed by atoms with Crippen LogP contribution in [0.15, 0.2) is 18.5 Å². The fraction of sp³-hybridized carbons (Fsp3) is 0.556. The van der Waals surface area contributed by atoms with Gasteiger partial charge in [0.25, 0.3) is 0 Å². The van der Waals surface area contributed by atoms with E-state index < -0.39 is 0 Å². The molecule has 134 valence electrons. The van der Waals surface area contributed by atoms with Crippen LogP contribution < -0.4 is 9.64 Å². The predicted octanol–water partition coefficient (Wildman–Crippen LogP) is 2.16. The van der Waals surface area contributed by atoms with E-state index >= 15 is 0 Å². The summed E-state index contributed by atoms with van der Waals surface area (Å²) in [7, 11) is 5.59. The average molecular weight is 342 g/mol. The molecular formula is C18H26N6O. The number of ether oxygens (including phenoxy) is 1. The van der Waals surface area contributed by atoms with E-state index in [-0.39, 0.29) is 5.54 Å². The largest absolute Gasteiger partial charge is 0.467 e. The number of aromatic nitrogens is 4. The first-order valence-electron chi connectivity index (χ1n) is 8.56. The van der Waals surface area contributed by atoms with Gasteiger partial charge in [0.05, 0.1) is 12.6 Å². The molecule has 1 fully saturated rings. The summed E-state index contributed by atoms with van der Waals surface area (Å²) in [5, 5.41) is 0. The number of aryl methyl sites for hydroxylation is 1. The molecular weight excluding hydrogens is 316 g/mol. The number of likely N-dealkylation sites (tertiary alicyclic amines) is 1. The van der Waals surface area contributed by atoms with Crippen molar-refractivity contribution in [2.24, 2.45) is 0 Å². The van der Waals surface area contributed by atoms with Gasteiger partial charge in [-0.15, -0.1) is 0 Å². The lowest BCUT2D eigenvalue weighted by atomic mass is 9.97. The molecule has 1 unspecified atom stereocenters.